The first-order valence-corrected chi connectivity index (χ1v) is 12.1. The maximum absolute atomic E-state index is 13.2. The molecule has 0 spiro atoms. The van der Waals surface area contributed by atoms with Gasteiger partial charge < -0.3 is 10.6 Å². The van der Waals surface area contributed by atoms with Crippen molar-refractivity contribution in [1.82, 2.24) is 0 Å². The van der Waals surface area contributed by atoms with E-state index in [1.54, 1.807) is 0 Å². The molecule has 162 valence electrons. The number of rotatable bonds is 4. The van der Waals surface area contributed by atoms with Crippen LogP contribution in [0.2, 0.25) is 0 Å². The molecule has 0 unspecified atom stereocenters. The van der Waals surface area contributed by atoms with E-state index < -0.39 is 0 Å². The van der Waals surface area contributed by atoms with Crippen LogP contribution in [0.3, 0.4) is 0 Å². The summed E-state index contributed by atoms with van der Waals surface area (Å²) in [4.78, 5) is 13.2. The number of fused-ring (bicyclic) bond motifs is 7. The van der Waals surface area contributed by atoms with Gasteiger partial charge in [0, 0.05) is 16.9 Å². The van der Waals surface area contributed by atoms with Crippen LogP contribution in [-0.2, 0) is 6.42 Å². The van der Waals surface area contributed by atoms with E-state index in [0.29, 0.717) is 17.9 Å². The first-order valence-electron chi connectivity index (χ1n) is 12.1. The first-order chi connectivity index (χ1) is 15.7. The number of carbonyl (C=O) groups excluding carboxylic acids is 1. The summed E-state index contributed by atoms with van der Waals surface area (Å²) in [5.41, 5.74) is 6.79. The Balaban J connectivity index is 1.35. The third-order valence-corrected chi connectivity index (χ3v) is 8.15. The first kappa shape index (κ1) is 19.6. The highest BCUT2D eigenvalue weighted by atomic mass is 16.1. The molecule has 32 heavy (non-hydrogen) atoms. The molecular weight excluding hydrogens is 392 g/mol. The SMILES string of the molecule is CCc1ccccc1NC(=O)c1ccc2c(c1)[C@H]1[C@@H]3CC[C@H](C3)[C@@H]1[C@H](c1ccccc1)N2. The molecule has 0 radical (unpaired) electrons. The molecule has 3 aliphatic rings. The second-order valence-corrected chi connectivity index (χ2v) is 9.74. The van der Waals surface area contributed by atoms with Crippen molar-refractivity contribution in [2.75, 3.05) is 10.6 Å². The Hall–Kier alpha value is -3.07. The zero-order valence-electron chi connectivity index (χ0n) is 18.6. The lowest BCUT2D eigenvalue weighted by Crippen LogP contribution is -2.35. The van der Waals surface area contributed by atoms with Crippen molar-refractivity contribution in [1.29, 1.82) is 0 Å². The predicted octanol–water partition coefficient (Wildman–Crippen LogP) is 6.80. The van der Waals surface area contributed by atoms with Crippen LogP contribution in [0.15, 0.2) is 72.8 Å². The molecule has 2 aliphatic carbocycles. The standard InChI is InChI=1S/C29H30N2O/c1-2-18-8-6-7-11-24(18)31-29(32)22-14-15-25-23(17-22)26-20-12-13-21(16-20)27(26)28(30-25)19-9-4-3-5-10-19/h3-11,14-15,17,20-21,26-28,30H,2,12-13,16H2,1H3,(H,31,32)/t20-,21-,26-,27+,28+/m1/s1. The molecule has 2 fully saturated rings. The molecular formula is C29H30N2O. The fraction of sp³-hybridized carbons (Fsp3) is 0.345. The van der Waals surface area contributed by atoms with E-state index in [1.165, 1.54) is 41.6 Å². The Kier molecular flexibility index (Phi) is 4.78. The number of aryl methyl sites for hydroxylation is 1. The summed E-state index contributed by atoms with van der Waals surface area (Å²) in [6.07, 6.45) is 4.91. The second kappa shape index (κ2) is 7.81. The van der Waals surface area contributed by atoms with Crippen LogP contribution < -0.4 is 10.6 Å². The van der Waals surface area contributed by atoms with Crippen molar-refractivity contribution in [2.24, 2.45) is 17.8 Å². The average Bonchev–Trinajstić information content (AvgIpc) is 3.47. The Morgan fingerprint density at radius 1 is 0.969 bits per heavy atom. The number of anilines is 2. The normalized spacial score (nSPS) is 27.3. The zero-order valence-corrected chi connectivity index (χ0v) is 18.6. The van der Waals surface area contributed by atoms with Crippen LogP contribution in [0.25, 0.3) is 0 Å². The highest BCUT2D eigenvalue weighted by Gasteiger charge is 2.53. The van der Waals surface area contributed by atoms with Crippen LogP contribution in [0.1, 0.15) is 65.2 Å². The van der Waals surface area contributed by atoms with Gasteiger partial charge in [-0.15, -0.1) is 0 Å². The van der Waals surface area contributed by atoms with Gasteiger partial charge in [-0.3, -0.25) is 4.79 Å². The number of carbonyl (C=O) groups is 1. The quantitative estimate of drug-likeness (QED) is 0.485. The molecule has 3 nitrogen and oxygen atoms in total. The molecule has 0 saturated heterocycles. The number of hydrogen-bond donors (Lipinski definition) is 2. The lowest BCUT2D eigenvalue weighted by Gasteiger charge is -2.43. The predicted molar refractivity (Wildman–Crippen MR) is 130 cm³/mol. The number of para-hydroxylation sites is 1. The van der Waals surface area contributed by atoms with Crippen molar-refractivity contribution < 1.29 is 4.79 Å². The maximum Gasteiger partial charge on any atom is 0.255 e. The van der Waals surface area contributed by atoms with Gasteiger partial charge in [-0.25, -0.2) is 0 Å². The van der Waals surface area contributed by atoms with E-state index >= 15 is 0 Å². The molecule has 3 heteroatoms. The smallest absolute Gasteiger partial charge is 0.255 e. The van der Waals surface area contributed by atoms with Gasteiger partial charge in [0.1, 0.15) is 0 Å². The van der Waals surface area contributed by atoms with Gasteiger partial charge in [0.2, 0.25) is 0 Å². The Bertz CT molecular complexity index is 1150. The van der Waals surface area contributed by atoms with Crippen molar-refractivity contribution in [3.63, 3.8) is 0 Å². The Labute approximate surface area is 190 Å². The van der Waals surface area contributed by atoms with Gasteiger partial charge in [0.05, 0.1) is 6.04 Å². The maximum atomic E-state index is 13.2. The zero-order chi connectivity index (χ0) is 21.7. The van der Waals surface area contributed by atoms with Gasteiger partial charge in [0.15, 0.2) is 0 Å². The van der Waals surface area contributed by atoms with Gasteiger partial charge in [-0.1, -0.05) is 55.5 Å². The summed E-state index contributed by atoms with van der Waals surface area (Å²) in [5, 5.41) is 7.03. The monoisotopic (exact) mass is 422 g/mol. The van der Waals surface area contributed by atoms with E-state index in [-0.39, 0.29) is 5.91 Å². The van der Waals surface area contributed by atoms with Crippen molar-refractivity contribution >= 4 is 17.3 Å². The summed E-state index contributed by atoms with van der Waals surface area (Å²) < 4.78 is 0. The van der Waals surface area contributed by atoms with Crippen LogP contribution in [-0.4, -0.2) is 5.91 Å². The summed E-state index contributed by atoms with van der Waals surface area (Å²) in [5.74, 6) is 2.67. The van der Waals surface area contributed by atoms with Gasteiger partial charge >= 0.3 is 0 Å². The summed E-state index contributed by atoms with van der Waals surface area (Å²) >= 11 is 0. The minimum atomic E-state index is -0.0152. The van der Waals surface area contributed by atoms with E-state index in [9.17, 15) is 4.79 Å². The molecule has 2 N–H and O–H groups in total. The minimum Gasteiger partial charge on any atom is -0.378 e. The molecule has 1 amide bonds. The number of nitrogens with one attached hydrogen (secondary N) is 2. The molecule has 1 heterocycles. The lowest BCUT2D eigenvalue weighted by molar-refractivity contribution is 0.102. The van der Waals surface area contributed by atoms with Gasteiger partial charge in [-0.2, -0.15) is 0 Å². The minimum absolute atomic E-state index is 0.0152. The van der Waals surface area contributed by atoms with Crippen LogP contribution in [0, 0.1) is 17.8 Å². The lowest BCUT2D eigenvalue weighted by atomic mass is 9.68. The van der Waals surface area contributed by atoms with E-state index in [0.717, 1.165) is 29.5 Å². The molecule has 1 aliphatic heterocycles. The van der Waals surface area contributed by atoms with Gasteiger partial charge in [0.25, 0.3) is 5.91 Å². The van der Waals surface area contributed by atoms with Crippen LogP contribution in [0.4, 0.5) is 11.4 Å². The Morgan fingerprint density at radius 3 is 2.59 bits per heavy atom. The van der Waals surface area contributed by atoms with Crippen molar-refractivity contribution in [2.45, 2.75) is 44.6 Å². The fourth-order valence-electron chi connectivity index (χ4n) is 6.76. The second-order valence-electron chi connectivity index (χ2n) is 9.74. The molecule has 6 rings (SSSR count). The largest absolute Gasteiger partial charge is 0.378 e. The van der Waals surface area contributed by atoms with Crippen molar-refractivity contribution in [3.8, 4) is 0 Å². The number of amides is 1. The highest BCUT2D eigenvalue weighted by Crippen LogP contribution is 2.63. The number of hydrogen-bond acceptors (Lipinski definition) is 2. The average molecular weight is 423 g/mol. The number of benzene rings is 3. The topological polar surface area (TPSA) is 41.1 Å². The molecule has 5 atom stereocenters. The molecule has 3 aromatic carbocycles. The Morgan fingerprint density at radius 2 is 1.75 bits per heavy atom. The van der Waals surface area contributed by atoms with Gasteiger partial charge in [-0.05, 0) is 90.3 Å². The molecule has 0 aromatic heterocycles. The highest BCUT2D eigenvalue weighted by molar-refractivity contribution is 6.05. The molecule has 2 bridgehead atoms. The third-order valence-electron chi connectivity index (χ3n) is 8.15. The van der Waals surface area contributed by atoms with E-state index in [4.69, 9.17) is 0 Å². The molecule has 2 saturated carbocycles. The summed E-state index contributed by atoms with van der Waals surface area (Å²) in [7, 11) is 0. The van der Waals surface area contributed by atoms with E-state index in [1.807, 2.05) is 24.3 Å². The molecule has 3 aromatic rings. The summed E-state index contributed by atoms with van der Waals surface area (Å²) in [6, 6.07) is 25.6. The fourth-order valence-corrected chi connectivity index (χ4v) is 6.76. The van der Waals surface area contributed by atoms with Crippen molar-refractivity contribution in [3.05, 3.63) is 95.1 Å². The van der Waals surface area contributed by atoms with Crippen LogP contribution >= 0.6 is 0 Å². The third kappa shape index (κ3) is 3.14. The van der Waals surface area contributed by atoms with E-state index in [2.05, 4.69) is 66.1 Å². The summed E-state index contributed by atoms with van der Waals surface area (Å²) in [6.45, 7) is 2.12. The van der Waals surface area contributed by atoms with Crippen LogP contribution in [0.5, 0.6) is 0 Å².